The van der Waals surface area contributed by atoms with Gasteiger partial charge >= 0.3 is 0 Å². The number of aromatic amines is 1. The Balaban J connectivity index is 1.62. The van der Waals surface area contributed by atoms with E-state index in [0.29, 0.717) is 37.6 Å². The summed E-state index contributed by atoms with van der Waals surface area (Å²) in [5, 5.41) is 0. The molecule has 0 amide bonds. The Morgan fingerprint density at radius 2 is 1.62 bits per heavy atom. The summed E-state index contributed by atoms with van der Waals surface area (Å²) >= 11 is 0. The number of ketones is 1. The molecule has 7 heteroatoms. The lowest BCUT2D eigenvalue weighted by Crippen LogP contribution is -2.49. The summed E-state index contributed by atoms with van der Waals surface area (Å²) in [6, 6.07) is 9.05. The zero-order valence-corrected chi connectivity index (χ0v) is 18.8. The van der Waals surface area contributed by atoms with Crippen molar-refractivity contribution in [3.63, 3.8) is 0 Å². The molecule has 1 N–H and O–H groups in total. The molecule has 0 aliphatic carbocycles. The van der Waals surface area contributed by atoms with Crippen LogP contribution in [0, 0.1) is 13.8 Å². The zero-order valence-electron chi connectivity index (χ0n) is 17.9. The van der Waals surface area contributed by atoms with E-state index >= 15 is 0 Å². The van der Waals surface area contributed by atoms with Crippen molar-refractivity contribution in [2.45, 2.75) is 44.9 Å². The quantitative estimate of drug-likeness (QED) is 0.759. The largest absolute Gasteiger partial charge is 0.362 e. The highest BCUT2D eigenvalue weighted by Crippen LogP contribution is 2.25. The van der Waals surface area contributed by atoms with Crippen molar-refractivity contribution in [2.75, 3.05) is 32.7 Å². The van der Waals surface area contributed by atoms with E-state index in [0.717, 1.165) is 22.5 Å². The van der Waals surface area contributed by atoms with E-state index in [1.54, 1.807) is 12.1 Å². The monoisotopic (exact) mass is 417 g/mol. The summed E-state index contributed by atoms with van der Waals surface area (Å²) in [7, 11) is -3.51. The lowest BCUT2D eigenvalue weighted by Gasteiger charge is -2.33. The van der Waals surface area contributed by atoms with Gasteiger partial charge in [-0.3, -0.25) is 9.69 Å². The maximum atomic E-state index is 13.0. The molecule has 0 atom stereocenters. The standard InChI is InChI=1S/C22H31N3O3S/c1-16-14-20(17(2)23-16)21(26)15-24-10-12-25(13-11-24)29(27,28)19-8-6-18(7-9-19)22(3,4)5/h6-9,14,23H,10-13,15H2,1-5H3. The summed E-state index contributed by atoms with van der Waals surface area (Å²) in [5.41, 5.74) is 3.66. The molecule has 6 nitrogen and oxygen atoms in total. The number of nitrogens with zero attached hydrogens (tertiary/aromatic N) is 2. The van der Waals surface area contributed by atoms with Crippen molar-refractivity contribution >= 4 is 15.8 Å². The molecule has 1 aromatic carbocycles. The van der Waals surface area contributed by atoms with Crippen molar-refractivity contribution in [3.8, 4) is 0 Å². The van der Waals surface area contributed by atoms with Crippen molar-refractivity contribution in [2.24, 2.45) is 0 Å². The van der Waals surface area contributed by atoms with Gasteiger partial charge < -0.3 is 4.98 Å². The number of sulfonamides is 1. The molecule has 2 aromatic rings. The molecule has 1 aliphatic heterocycles. The molecule has 1 aliphatic rings. The number of carbonyl (C=O) groups excluding carboxylic acids is 1. The molecule has 1 aromatic heterocycles. The maximum absolute atomic E-state index is 13.0. The molecule has 0 unspecified atom stereocenters. The molecule has 0 bridgehead atoms. The summed E-state index contributed by atoms with van der Waals surface area (Å²) in [6.45, 7) is 12.3. The fourth-order valence-corrected chi connectivity index (χ4v) is 5.13. The van der Waals surface area contributed by atoms with Gasteiger partial charge in [-0.15, -0.1) is 0 Å². The minimum absolute atomic E-state index is 0.0170. The SMILES string of the molecule is Cc1cc(C(=O)CN2CCN(S(=O)(=O)c3ccc(C(C)(C)C)cc3)CC2)c(C)[nH]1. The Morgan fingerprint density at radius 1 is 1.03 bits per heavy atom. The van der Waals surface area contributed by atoms with Crippen molar-refractivity contribution < 1.29 is 13.2 Å². The van der Waals surface area contributed by atoms with Crippen LogP contribution in [-0.2, 0) is 15.4 Å². The van der Waals surface area contributed by atoms with Gasteiger partial charge in [-0.05, 0) is 43.0 Å². The third-order valence-electron chi connectivity index (χ3n) is 5.51. The van der Waals surface area contributed by atoms with E-state index in [1.165, 1.54) is 4.31 Å². The van der Waals surface area contributed by atoms with E-state index < -0.39 is 10.0 Å². The van der Waals surface area contributed by atoms with Gasteiger partial charge in [0.2, 0.25) is 10.0 Å². The van der Waals surface area contributed by atoms with Gasteiger partial charge in [0, 0.05) is 43.1 Å². The number of piperazine rings is 1. The molecule has 2 heterocycles. The highest BCUT2D eigenvalue weighted by atomic mass is 32.2. The minimum Gasteiger partial charge on any atom is -0.362 e. The van der Waals surface area contributed by atoms with E-state index in [2.05, 4.69) is 25.8 Å². The fraction of sp³-hybridized carbons (Fsp3) is 0.500. The summed E-state index contributed by atoms with van der Waals surface area (Å²) < 4.78 is 27.5. The van der Waals surface area contributed by atoms with Gasteiger partial charge in [0.25, 0.3) is 0 Å². The van der Waals surface area contributed by atoms with E-state index in [4.69, 9.17) is 0 Å². The minimum atomic E-state index is -3.51. The first-order valence-corrected chi connectivity index (χ1v) is 11.4. The number of Topliss-reactive ketones (excluding diaryl/α,β-unsaturated/α-hetero) is 1. The number of aryl methyl sites for hydroxylation is 2. The van der Waals surface area contributed by atoms with Gasteiger partial charge in [-0.1, -0.05) is 32.9 Å². The first-order chi connectivity index (χ1) is 13.5. The van der Waals surface area contributed by atoms with Crippen LogP contribution in [0.4, 0.5) is 0 Å². The highest BCUT2D eigenvalue weighted by Gasteiger charge is 2.29. The van der Waals surface area contributed by atoms with Crippen LogP contribution >= 0.6 is 0 Å². The van der Waals surface area contributed by atoms with E-state index in [9.17, 15) is 13.2 Å². The predicted molar refractivity (Wildman–Crippen MR) is 115 cm³/mol. The third kappa shape index (κ3) is 4.79. The summed E-state index contributed by atoms with van der Waals surface area (Å²) in [5.74, 6) is 0.0703. The molecule has 0 spiro atoms. The number of carbonyl (C=O) groups is 1. The number of H-pyrrole nitrogens is 1. The molecule has 29 heavy (non-hydrogen) atoms. The van der Waals surface area contributed by atoms with Crippen LogP contribution in [0.15, 0.2) is 35.2 Å². The molecule has 1 saturated heterocycles. The summed E-state index contributed by atoms with van der Waals surface area (Å²) in [6.07, 6.45) is 0. The maximum Gasteiger partial charge on any atom is 0.243 e. The second kappa shape index (κ2) is 8.05. The third-order valence-corrected chi connectivity index (χ3v) is 7.42. The molecular formula is C22H31N3O3S. The molecule has 0 saturated carbocycles. The van der Waals surface area contributed by atoms with E-state index in [1.807, 2.05) is 36.9 Å². The van der Waals surface area contributed by atoms with Gasteiger partial charge in [0.05, 0.1) is 11.4 Å². The number of rotatable bonds is 5. The second-order valence-corrected chi connectivity index (χ2v) is 10.8. The van der Waals surface area contributed by atoms with Crippen molar-refractivity contribution in [1.82, 2.24) is 14.2 Å². The Morgan fingerprint density at radius 3 is 2.10 bits per heavy atom. The van der Waals surface area contributed by atoms with Crippen LogP contribution in [0.25, 0.3) is 0 Å². The smallest absolute Gasteiger partial charge is 0.243 e. The van der Waals surface area contributed by atoms with Gasteiger partial charge in [-0.25, -0.2) is 8.42 Å². The van der Waals surface area contributed by atoms with Crippen LogP contribution in [0.1, 0.15) is 48.1 Å². The molecule has 0 radical (unpaired) electrons. The average Bonchev–Trinajstić information content (AvgIpc) is 3.00. The van der Waals surface area contributed by atoms with Crippen LogP contribution in [0.3, 0.4) is 0 Å². The topological polar surface area (TPSA) is 73.5 Å². The first-order valence-electron chi connectivity index (χ1n) is 10.0. The zero-order chi connectivity index (χ0) is 21.4. The van der Waals surface area contributed by atoms with Crippen LogP contribution in [0.5, 0.6) is 0 Å². The van der Waals surface area contributed by atoms with Gasteiger partial charge in [0.1, 0.15) is 0 Å². The molecular weight excluding hydrogens is 386 g/mol. The number of nitrogens with one attached hydrogen (secondary N) is 1. The lowest BCUT2D eigenvalue weighted by molar-refractivity contribution is 0.0901. The number of benzene rings is 1. The Labute approximate surface area is 174 Å². The normalized spacial score (nSPS) is 16.9. The Bertz CT molecular complexity index is 977. The van der Waals surface area contributed by atoms with E-state index in [-0.39, 0.29) is 11.2 Å². The van der Waals surface area contributed by atoms with Crippen LogP contribution in [0.2, 0.25) is 0 Å². The van der Waals surface area contributed by atoms with Crippen molar-refractivity contribution in [3.05, 3.63) is 52.8 Å². The number of hydrogen-bond donors (Lipinski definition) is 1. The lowest BCUT2D eigenvalue weighted by atomic mass is 9.87. The van der Waals surface area contributed by atoms with Gasteiger partial charge in [0.15, 0.2) is 5.78 Å². The average molecular weight is 418 g/mol. The Kier molecular flexibility index (Phi) is 6.03. The molecule has 3 rings (SSSR count). The number of hydrogen-bond acceptors (Lipinski definition) is 4. The predicted octanol–water partition coefficient (Wildman–Crippen LogP) is 3.12. The van der Waals surface area contributed by atoms with Gasteiger partial charge in [-0.2, -0.15) is 4.31 Å². The Hall–Kier alpha value is -1.96. The first kappa shape index (κ1) is 21.7. The molecule has 1 fully saturated rings. The number of aromatic nitrogens is 1. The summed E-state index contributed by atoms with van der Waals surface area (Å²) in [4.78, 5) is 18.1. The second-order valence-electron chi connectivity index (χ2n) is 8.87. The molecule has 158 valence electrons. The van der Waals surface area contributed by atoms with Crippen molar-refractivity contribution in [1.29, 1.82) is 0 Å². The van der Waals surface area contributed by atoms with Crippen LogP contribution in [-0.4, -0.2) is 61.1 Å². The highest BCUT2D eigenvalue weighted by molar-refractivity contribution is 7.89. The van der Waals surface area contributed by atoms with Crippen LogP contribution < -0.4 is 0 Å². The fourth-order valence-electron chi connectivity index (χ4n) is 3.71.